The number of phenols is 1. The summed E-state index contributed by atoms with van der Waals surface area (Å²) in [5.41, 5.74) is 1.44. The third-order valence-electron chi connectivity index (χ3n) is 3.17. The van der Waals surface area contributed by atoms with Crippen LogP contribution in [-0.4, -0.2) is 23.6 Å². The van der Waals surface area contributed by atoms with Crippen LogP contribution < -0.4 is 5.32 Å². The molecule has 0 saturated heterocycles. The molecule has 0 aliphatic carbocycles. The largest absolute Gasteiger partial charge is 0.507 e. The van der Waals surface area contributed by atoms with Crippen LogP contribution in [0.2, 0.25) is 5.02 Å². The van der Waals surface area contributed by atoms with Gasteiger partial charge in [0, 0.05) is 11.6 Å². The molecule has 0 aliphatic rings. The Bertz CT molecular complexity index is 730. The Hall–Kier alpha value is -2.53. The average molecular weight is 334 g/mol. The molecule has 1 amide bonds. The minimum absolute atomic E-state index is 0.0349. The summed E-state index contributed by atoms with van der Waals surface area (Å²) in [6.07, 6.45) is 0. The van der Waals surface area contributed by atoms with E-state index in [1.807, 2.05) is 6.07 Å². The van der Waals surface area contributed by atoms with E-state index in [0.717, 1.165) is 5.56 Å². The zero-order valence-electron chi connectivity index (χ0n) is 12.5. The van der Waals surface area contributed by atoms with Gasteiger partial charge in [0.2, 0.25) is 0 Å². The number of carbonyl (C=O) groups is 2. The highest BCUT2D eigenvalue weighted by Gasteiger charge is 2.15. The summed E-state index contributed by atoms with van der Waals surface area (Å²) in [5, 5.41) is 13.0. The van der Waals surface area contributed by atoms with Crippen LogP contribution in [0.1, 0.15) is 21.5 Å². The first kappa shape index (κ1) is 16.8. The first-order chi connectivity index (χ1) is 11.0. The van der Waals surface area contributed by atoms with Crippen molar-refractivity contribution in [2.75, 3.05) is 6.61 Å². The number of amides is 1. The second-order valence-electron chi connectivity index (χ2n) is 4.95. The number of esters is 1. The van der Waals surface area contributed by atoms with Crippen molar-refractivity contribution in [3.05, 3.63) is 64.2 Å². The maximum Gasteiger partial charge on any atom is 0.342 e. The molecule has 0 unspecified atom stereocenters. The van der Waals surface area contributed by atoms with Crippen molar-refractivity contribution >= 4 is 23.5 Å². The first-order valence-corrected chi connectivity index (χ1v) is 7.32. The summed E-state index contributed by atoms with van der Waals surface area (Å²) in [6.45, 7) is 1.53. The molecule has 23 heavy (non-hydrogen) atoms. The number of nitrogens with one attached hydrogen (secondary N) is 1. The molecule has 2 rings (SSSR count). The van der Waals surface area contributed by atoms with Crippen molar-refractivity contribution in [3.63, 3.8) is 0 Å². The topological polar surface area (TPSA) is 75.6 Å². The van der Waals surface area contributed by atoms with Crippen molar-refractivity contribution in [2.24, 2.45) is 0 Å². The quantitative estimate of drug-likeness (QED) is 0.825. The van der Waals surface area contributed by atoms with E-state index >= 15 is 0 Å². The van der Waals surface area contributed by atoms with E-state index < -0.39 is 18.5 Å². The lowest BCUT2D eigenvalue weighted by Gasteiger charge is -2.08. The van der Waals surface area contributed by atoms with Crippen molar-refractivity contribution < 1.29 is 19.4 Å². The second kappa shape index (κ2) is 7.65. The summed E-state index contributed by atoms with van der Waals surface area (Å²) >= 11 is 5.85. The minimum Gasteiger partial charge on any atom is -0.507 e. The number of phenolic OH excluding ortho intramolecular Hbond substituents is 1. The minimum atomic E-state index is -0.746. The summed E-state index contributed by atoms with van der Waals surface area (Å²) < 4.78 is 4.90. The Morgan fingerprint density at radius 2 is 1.96 bits per heavy atom. The van der Waals surface area contributed by atoms with E-state index in [2.05, 4.69) is 5.32 Å². The zero-order chi connectivity index (χ0) is 16.8. The average Bonchev–Trinajstić information content (AvgIpc) is 2.53. The van der Waals surface area contributed by atoms with Gasteiger partial charge < -0.3 is 15.2 Å². The molecule has 0 spiro atoms. The summed E-state index contributed by atoms with van der Waals surface area (Å²) in [5.74, 6) is -1.33. The maximum absolute atomic E-state index is 11.9. The predicted molar refractivity (Wildman–Crippen MR) is 86.4 cm³/mol. The van der Waals surface area contributed by atoms with E-state index in [0.29, 0.717) is 10.6 Å². The molecule has 0 aliphatic heterocycles. The molecule has 6 heteroatoms. The molecule has 2 N–H and O–H groups in total. The molecule has 0 heterocycles. The number of aryl methyl sites for hydroxylation is 1. The lowest BCUT2D eigenvalue weighted by molar-refractivity contribution is -0.124. The van der Waals surface area contributed by atoms with Crippen molar-refractivity contribution in [3.8, 4) is 5.75 Å². The van der Waals surface area contributed by atoms with E-state index in [1.165, 1.54) is 6.07 Å². The molecule has 5 nitrogen and oxygen atoms in total. The number of hydrogen-bond acceptors (Lipinski definition) is 4. The van der Waals surface area contributed by atoms with Crippen LogP contribution >= 0.6 is 11.6 Å². The van der Waals surface area contributed by atoms with Crippen LogP contribution in [0, 0.1) is 6.92 Å². The van der Waals surface area contributed by atoms with E-state index in [1.54, 1.807) is 37.3 Å². The zero-order valence-corrected chi connectivity index (χ0v) is 13.3. The summed E-state index contributed by atoms with van der Waals surface area (Å²) in [7, 11) is 0. The number of ether oxygens (including phenoxy) is 1. The molecule has 0 bridgehead atoms. The van der Waals surface area contributed by atoms with Crippen LogP contribution in [-0.2, 0) is 16.1 Å². The van der Waals surface area contributed by atoms with Crippen molar-refractivity contribution in [1.29, 1.82) is 0 Å². The highest BCUT2D eigenvalue weighted by molar-refractivity contribution is 6.30. The van der Waals surface area contributed by atoms with Gasteiger partial charge in [0.1, 0.15) is 11.3 Å². The van der Waals surface area contributed by atoms with E-state index in [4.69, 9.17) is 16.3 Å². The van der Waals surface area contributed by atoms with Gasteiger partial charge >= 0.3 is 5.97 Å². The van der Waals surface area contributed by atoms with Gasteiger partial charge in [-0.3, -0.25) is 4.79 Å². The molecule has 2 aromatic carbocycles. The molecule has 0 fully saturated rings. The van der Waals surface area contributed by atoms with Gasteiger partial charge in [-0.05, 0) is 36.2 Å². The van der Waals surface area contributed by atoms with Crippen molar-refractivity contribution in [2.45, 2.75) is 13.5 Å². The van der Waals surface area contributed by atoms with Gasteiger partial charge in [-0.25, -0.2) is 4.79 Å². The molecule has 120 valence electrons. The Kier molecular flexibility index (Phi) is 5.60. The van der Waals surface area contributed by atoms with Gasteiger partial charge in [0.05, 0.1) is 0 Å². The maximum atomic E-state index is 11.9. The van der Waals surface area contributed by atoms with Crippen LogP contribution in [0.4, 0.5) is 0 Å². The highest BCUT2D eigenvalue weighted by atomic mass is 35.5. The number of rotatable bonds is 5. The molecule has 0 atom stereocenters. The normalized spacial score (nSPS) is 10.2. The van der Waals surface area contributed by atoms with Crippen molar-refractivity contribution in [1.82, 2.24) is 5.32 Å². The fraction of sp³-hybridized carbons (Fsp3) is 0.176. The first-order valence-electron chi connectivity index (χ1n) is 6.94. The molecular weight excluding hydrogens is 318 g/mol. The Morgan fingerprint density at radius 1 is 1.22 bits per heavy atom. The van der Waals surface area contributed by atoms with Gasteiger partial charge in [-0.15, -0.1) is 0 Å². The molecule has 0 aromatic heterocycles. The van der Waals surface area contributed by atoms with Crippen LogP contribution in [0.15, 0.2) is 42.5 Å². The second-order valence-corrected chi connectivity index (χ2v) is 5.39. The SMILES string of the molecule is Cc1cccc(C(=O)OCC(=O)NCc2cccc(Cl)c2)c1O. The standard InChI is InChI=1S/C17H16ClNO4/c1-11-4-2-7-14(16(11)21)17(22)23-10-15(20)19-9-12-5-3-6-13(18)8-12/h2-8,21H,9-10H2,1H3,(H,19,20). The van der Waals surface area contributed by atoms with Crippen LogP contribution in [0.25, 0.3) is 0 Å². The number of para-hydroxylation sites is 1. The van der Waals surface area contributed by atoms with E-state index in [-0.39, 0.29) is 17.9 Å². The van der Waals surface area contributed by atoms with Crippen LogP contribution in [0.3, 0.4) is 0 Å². The number of carbonyl (C=O) groups excluding carboxylic acids is 2. The molecule has 2 aromatic rings. The Labute approximate surface area is 138 Å². The number of hydrogen-bond donors (Lipinski definition) is 2. The number of halogens is 1. The third-order valence-corrected chi connectivity index (χ3v) is 3.41. The lowest BCUT2D eigenvalue weighted by atomic mass is 10.1. The van der Waals surface area contributed by atoms with Gasteiger partial charge in [-0.2, -0.15) is 0 Å². The fourth-order valence-corrected chi connectivity index (χ4v) is 2.14. The van der Waals surface area contributed by atoms with Gasteiger partial charge in [-0.1, -0.05) is 35.9 Å². The summed E-state index contributed by atoms with van der Waals surface area (Å²) in [4.78, 5) is 23.6. The Balaban J connectivity index is 1.84. The van der Waals surface area contributed by atoms with E-state index in [9.17, 15) is 14.7 Å². The third kappa shape index (κ3) is 4.72. The monoisotopic (exact) mass is 333 g/mol. The summed E-state index contributed by atoms with van der Waals surface area (Å²) in [6, 6.07) is 11.8. The lowest BCUT2D eigenvalue weighted by Crippen LogP contribution is -2.28. The van der Waals surface area contributed by atoms with Gasteiger partial charge in [0.15, 0.2) is 6.61 Å². The van der Waals surface area contributed by atoms with Gasteiger partial charge in [0.25, 0.3) is 5.91 Å². The molecular formula is C17H16ClNO4. The molecule has 0 radical (unpaired) electrons. The predicted octanol–water partition coefficient (Wildman–Crippen LogP) is 2.83. The fourth-order valence-electron chi connectivity index (χ4n) is 1.93. The number of aromatic hydroxyl groups is 1. The molecule has 0 saturated carbocycles. The highest BCUT2D eigenvalue weighted by Crippen LogP contribution is 2.21. The van der Waals surface area contributed by atoms with Crippen LogP contribution in [0.5, 0.6) is 5.75 Å². The Morgan fingerprint density at radius 3 is 2.70 bits per heavy atom. The number of benzene rings is 2. The smallest absolute Gasteiger partial charge is 0.342 e.